The molecule has 0 spiro atoms. The van der Waals surface area contributed by atoms with E-state index in [4.69, 9.17) is 9.15 Å². The van der Waals surface area contributed by atoms with Gasteiger partial charge in [0.05, 0.1) is 5.69 Å². The number of nitrogens with zero attached hydrogens (tertiary/aromatic N) is 4. The summed E-state index contributed by atoms with van der Waals surface area (Å²) < 4.78 is 12.2. The molecule has 0 aliphatic carbocycles. The second-order valence-electron chi connectivity index (χ2n) is 4.99. The molecule has 0 aliphatic heterocycles. The van der Waals surface area contributed by atoms with Crippen LogP contribution < -0.4 is 5.32 Å². The standard InChI is InChI=1S/C14H21N5O3/c1-10-9-11(19(2)18-10)14-17-16-13(22-14)6-5-12(20)15-7-4-8-21-3/h9H,4-8H2,1-3H3,(H,15,20). The molecule has 1 N–H and O–H groups in total. The highest BCUT2D eigenvalue weighted by Gasteiger charge is 2.14. The van der Waals surface area contributed by atoms with E-state index in [2.05, 4.69) is 20.6 Å². The summed E-state index contributed by atoms with van der Waals surface area (Å²) in [6, 6.07) is 1.87. The first-order valence-electron chi connectivity index (χ1n) is 7.19. The van der Waals surface area contributed by atoms with Gasteiger partial charge in [-0.15, -0.1) is 10.2 Å². The molecule has 0 aromatic carbocycles. The van der Waals surface area contributed by atoms with Crippen LogP contribution in [0.1, 0.15) is 24.4 Å². The average molecular weight is 307 g/mol. The normalized spacial score (nSPS) is 10.9. The fourth-order valence-electron chi connectivity index (χ4n) is 2.02. The summed E-state index contributed by atoms with van der Waals surface area (Å²) in [5.74, 6) is 0.826. The van der Waals surface area contributed by atoms with Gasteiger partial charge in [-0.2, -0.15) is 5.10 Å². The van der Waals surface area contributed by atoms with Crippen molar-refractivity contribution in [3.63, 3.8) is 0 Å². The Morgan fingerprint density at radius 1 is 1.45 bits per heavy atom. The molecule has 0 atom stereocenters. The minimum atomic E-state index is -0.0350. The number of carbonyl (C=O) groups is 1. The molecular weight excluding hydrogens is 286 g/mol. The largest absolute Gasteiger partial charge is 0.419 e. The summed E-state index contributed by atoms with van der Waals surface area (Å²) in [6.07, 6.45) is 1.53. The van der Waals surface area contributed by atoms with Crippen LogP contribution in [0.5, 0.6) is 0 Å². The highest BCUT2D eigenvalue weighted by Crippen LogP contribution is 2.18. The lowest BCUT2D eigenvalue weighted by Gasteiger charge is -2.03. The number of hydrogen-bond donors (Lipinski definition) is 1. The monoisotopic (exact) mass is 307 g/mol. The van der Waals surface area contributed by atoms with Crippen molar-refractivity contribution in [2.75, 3.05) is 20.3 Å². The molecule has 2 aromatic heterocycles. The predicted molar refractivity (Wildman–Crippen MR) is 79.1 cm³/mol. The van der Waals surface area contributed by atoms with Crippen LogP contribution in [0, 0.1) is 6.92 Å². The minimum absolute atomic E-state index is 0.0350. The molecule has 2 heterocycles. The van der Waals surface area contributed by atoms with Gasteiger partial charge in [0.25, 0.3) is 5.89 Å². The van der Waals surface area contributed by atoms with E-state index in [-0.39, 0.29) is 5.91 Å². The lowest BCUT2D eigenvalue weighted by Crippen LogP contribution is -2.25. The van der Waals surface area contributed by atoms with E-state index in [1.807, 2.05) is 20.0 Å². The average Bonchev–Trinajstić information content (AvgIpc) is 3.07. The van der Waals surface area contributed by atoms with E-state index in [0.29, 0.717) is 37.8 Å². The molecule has 8 heteroatoms. The first-order chi connectivity index (χ1) is 10.6. The van der Waals surface area contributed by atoms with E-state index < -0.39 is 0 Å². The quantitative estimate of drug-likeness (QED) is 0.727. The van der Waals surface area contributed by atoms with E-state index >= 15 is 0 Å². The number of methoxy groups -OCH3 is 1. The Morgan fingerprint density at radius 3 is 2.95 bits per heavy atom. The van der Waals surface area contributed by atoms with Gasteiger partial charge in [-0.25, -0.2) is 0 Å². The summed E-state index contributed by atoms with van der Waals surface area (Å²) in [5, 5.41) is 15.0. The Morgan fingerprint density at radius 2 is 2.27 bits per heavy atom. The zero-order valence-electron chi connectivity index (χ0n) is 13.1. The Kier molecular flexibility index (Phi) is 5.65. The van der Waals surface area contributed by atoms with Gasteiger partial charge in [-0.05, 0) is 19.4 Å². The Labute approximate surface area is 128 Å². The van der Waals surface area contributed by atoms with Crippen molar-refractivity contribution in [2.24, 2.45) is 7.05 Å². The number of amides is 1. The Balaban J connectivity index is 1.82. The summed E-state index contributed by atoms with van der Waals surface area (Å²) >= 11 is 0. The van der Waals surface area contributed by atoms with Crippen LogP contribution in [0.3, 0.4) is 0 Å². The van der Waals surface area contributed by atoms with Crippen molar-refractivity contribution in [2.45, 2.75) is 26.2 Å². The zero-order chi connectivity index (χ0) is 15.9. The summed E-state index contributed by atoms with van der Waals surface area (Å²) in [5.41, 5.74) is 1.65. The fourth-order valence-corrected chi connectivity index (χ4v) is 2.02. The van der Waals surface area contributed by atoms with Crippen LogP contribution >= 0.6 is 0 Å². The first-order valence-corrected chi connectivity index (χ1v) is 7.19. The third-order valence-corrected chi connectivity index (χ3v) is 3.10. The number of nitrogens with one attached hydrogen (secondary N) is 1. The van der Waals surface area contributed by atoms with Gasteiger partial charge in [-0.3, -0.25) is 9.48 Å². The van der Waals surface area contributed by atoms with Gasteiger partial charge in [0.2, 0.25) is 11.8 Å². The van der Waals surface area contributed by atoms with Crippen LogP contribution in [-0.4, -0.2) is 46.1 Å². The van der Waals surface area contributed by atoms with Crippen molar-refractivity contribution >= 4 is 5.91 Å². The van der Waals surface area contributed by atoms with E-state index in [1.165, 1.54) is 0 Å². The van der Waals surface area contributed by atoms with E-state index in [1.54, 1.807) is 11.8 Å². The maximum Gasteiger partial charge on any atom is 0.265 e. The number of ether oxygens (including phenoxy) is 1. The van der Waals surface area contributed by atoms with Crippen LogP contribution in [0.2, 0.25) is 0 Å². The zero-order valence-corrected chi connectivity index (χ0v) is 13.1. The van der Waals surface area contributed by atoms with Gasteiger partial charge in [0.1, 0.15) is 5.69 Å². The Bertz CT molecular complexity index is 620. The van der Waals surface area contributed by atoms with Gasteiger partial charge in [-0.1, -0.05) is 0 Å². The van der Waals surface area contributed by atoms with Crippen molar-refractivity contribution < 1.29 is 13.9 Å². The molecule has 0 saturated carbocycles. The number of aryl methyl sites for hydroxylation is 3. The molecule has 22 heavy (non-hydrogen) atoms. The summed E-state index contributed by atoms with van der Waals surface area (Å²) in [6.45, 7) is 3.14. The topological polar surface area (TPSA) is 95.1 Å². The van der Waals surface area contributed by atoms with Crippen molar-refractivity contribution in [1.82, 2.24) is 25.3 Å². The number of rotatable bonds is 8. The van der Waals surface area contributed by atoms with Gasteiger partial charge in [0.15, 0.2) is 0 Å². The van der Waals surface area contributed by atoms with E-state index in [9.17, 15) is 4.79 Å². The maximum absolute atomic E-state index is 11.7. The maximum atomic E-state index is 11.7. The third-order valence-electron chi connectivity index (χ3n) is 3.10. The van der Waals surface area contributed by atoms with Crippen molar-refractivity contribution in [3.8, 4) is 11.6 Å². The van der Waals surface area contributed by atoms with Gasteiger partial charge in [0, 0.05) is 40.2 Å². The summed E-state index contributed by atoms with van der Waals surface area (Å²) in [4.78, 5) is 11.7. The van der Waals surface area contributed by atoms with Crippen LogP contribution in [0.25, 0.3) is 11.6 Å². The lowest BCUT2D eigenvalue weighted by molar-refractivity contribution is -0.121. The van der Waals surface area contributed by atoms with Crippen LogP contribution in [-0.2, 0) is 23.0 Å². The highest BCUT2D eigenvalue weighted by atomic mass is 16.5. The van der Waals surface area contributed by atoms with E-state index in [0.717, 1.165) is 17.8 Å². The molecule has 120 valence electrons. The molecule has 2 rings (SSSR count). The smallest absolute Gasteiger partial charge is 0.265 e. The minimum Gasteiger partial charge on any atom is -0.419 e. The second kappa shape index (κ2) is 7.69. The predicted octanol–water partition coefficient (Wildman–Crippen LogP) is 0.864. The molecule has 0 bridgehead atoms. The SMILES string of the molecule is COCCCNC(=O)CCc1nnc(-c2cc(C)nn2C)o1. The molecule has 8 nitrogen and oxygen atoms in total. The van der Waals surface area contributed by atoms with Crippen molar-refractivity contribution in [3.05, 3.63) is 17.7 Å². The molecule has 0 fully saturated rings. The third kappa shape index (κ3) is 4.39. The number of hydrogen-bond acceptors (Lipinski definition) is 6. The molecule has 1 amide bonds. The second-order valence-corrected chi connectivity index (χ2v) is 4.99. The number of carbonyl (C=O) groups excluding carboxylic acids is 1. The molecular formula is C14H21N5O3. The van der Waals surface area contributed by atoms with Crippen LogP contribution in [0.15, 0.2) is 10.5 Å². The number of aromatic nitrogens is 4. The Hall–Kier alpha value is -2.22. The van der Waals surface area contributed by atoms with Crippen LogP contribution in [0.4, 0.5) is 0 Å². The summed E-state index contributed by atoms with van der Waals surface area (Å²) in [7, 11) is 3.46. The first kappa shape index (κ1) is 16.2. The molecule has 0 radical (unpaired) electrons. The van der Waals surface area contributed by atoms with Crippen molar-refractivity contribution in [1.29, 1.82) is 0 Å². The van der Waals surface area contributed by atoms with Gasteiger partial charge >= 0.3 is 0 Å². The lowest BCUT2D eigenvalue weighted by atomic mass is 10.3. The fraction of sp³-hybridized carbons (Fsp3) is 0.571. The molecule has 0 saturated heterocycles. The molecule has 0 unspecified atom stereocenters. The highest BCUT2D eigenvalue weighted by molar-refractivity contribution is 5.75. The molecule has 0 aliphatic rings. The molecule has 2 aromatic rings. The van der Waals surface area contributed by atoms with Gasteiger partial charge < -0.3 is 14.5 Å².